The average molecular weight is 420 g/mol. The van der Waals surface area contributed by atoms with Gasteiger partial charge in [0.05, 0.1) is 12.3 Å². The molecule has 4 rings (SSSR count). The first kappa shape index (κ1) is 21.3. The van der Waals surface area contributed by atoms with Crippen molar-refractivity contribution in [1.29, 1.82) is 0 Å². The summed E-state index contributed by atoms with van der Waals surface area (Å²) in [4.78, 5) is 28.5. The molecule has 1 atom stereocenters. The Morgan fingerprint density at radius 3 is 2.60 bits per heavy atom. The molecule has 3 N–H and O–H groups in total. The maximum Gasteiger partial charge on any atom is 0.354 e. The number of carboxylic acids is 1. The monoisotopic (exact) mass is 419 g/mol. The molecule has 166 valence electrons. The van der Waals surface area contributed by atoms with Crippen LogP contribution in [0.1, 0.15) is 54.6 Å². The van der Waals surface area contributed by atoms with E-state index in [1.54, 1.807) is 6.20 Å². The minimum Gasteiger partial charge on any atom is -0.477 e. The van der Waals surface area contributed by atoms with Crippen molar-refractivity contribution in [2.45, 2.75) is 57.2 Å². The van der Waals surface area contributed by atoms with E-state index in [1.807, 2.05) is 0 Å². The summed E-state index contributed by atoms with van der Waals surface area (Å²) in [6.07, 6.45) is 7.98. The summed E-state index contributed by atoms with van der Waals surface area (Å²) >= 11 is 0. The van der Waals surface area contributed by atoms with Crippen LogP contribution in [0, 0.1) is 5.92 Å². The van der Waals surface area contributed by atoms with Crippen molar-refractivity contribution in [3.8, 4) is 0 Å². The van der Waals surface area contributed by atoms with Crippen LogP contribution in [-0.4, -0.2) is 88.5 Å². The molecule has 0 spiro atoms. The number of aromatic amines is 1. The Morgan fingerprint density at radius 2 is 1.93 bits per heavy atom. The van der Waals surface area contributed by atoms with E-state index in [2.05, 4.69) is 25.3 Å². The summed E-state index contributed by atoms with van der Waals surface area (Å²) < 4.78 is 5.59. The standard InChI is InChI=1S/C21H33N5O4/c27-20(22-13-18-2-1-11-30-18)15-3-9-26(10-4-15)17-5-7-25(8-6-17)14-16-12-23-24-19(16)21(28)29/h12,15,17-18H,1-11,13-14H2,(H,22,27)(H,23,24)(H,28,29)/t18-/m1/s1. The number of nitrogens with zero attached hydrogens (tertiary/aromatic N) is 3. The summed E-state index contributed by atoms with van der Waals surface area (Å²) in [5.74, 6) is -0.646. The Morgan fingerprint density at radius 1 is 1.17 bits per heavy atom. The number of rotatable bonds is 7. The number of carbonyl (C=O) groups excluding carboxylic acids is 1. The summed E-state index contributed by atoms with van der Waals surface area (Å²) in [5.41, 5.74) is 0.938. The van der Waals surface area contributed by atoms with Crippen molar-refractivity contribution in [3.63, 3.8) is 0 Å². The molecule has 0 radical (unpaired) electrons. The van der Waals surface area contributed by atoms with Crippen molar-refractivity contribution < 1.29 is 19.4 Å². The van der Waals surface area contributed by atoms with Gasteiger partial charge in [-0.25, -0.2) is 4.79 Å². The van der Waals surface area contributed by atoms with Crippen LogP contribution in [0.25, 0.3) is 0 Å². The molecule has 30 heavy (non-hydrogen) atoms. The summed E-state index contributed by atoms with van der Waals surface area (Å²) in [6, 6.07) is 0.556. The molecule has 4 heterocycles. The van der Waals surface area contributed by atoms with Gasteiger partial charge in [0, 0.05) is 37.2 Å². The number of carboxylic acid groups (broad SMARTS) is 1. The van der Waals surface area contributed by atoms with Gasteiger partial charge < -0.3 is 20.1 Å². The molecule has 0 aromatic carbocycles. The van der Waals surface area contributed by atoms with Gasteiger partial charge in [0.25, 0.3) is 0 Å². The number of nitrogens with one attached hydrogen (secondary N) is 2. The zero-order valence-electron chi connectivity index (χ0n) is 17.5. The van der Waals surface area contributed by atoms with E-state index in [0.29, 0.717) is 19.1 Å². The summed E-state index contributed by atoms with van der Waals surface area (Å²) in [6.45, 7) is 5.96. The lowest BCUT2D eigenvalue weighted by molar-refractivity contribution is -0.127. The highest BCUT2D eigenvalue weighted by Crippen LogP contribution is 2.25. The van der Waals surface area contributed by atoms with Gasteiger partial charge in [-0.1, -0.05) is 0 Å². The number of aromatic nitrogens is 2. The molecule has 1 aromatic rings. The third-order valence-corrected chi connectivity index (χ3v) is 6.83. The fraction of sp³-hybridized carbons (Fsp3) is 0.762. The van der Waals surface area contributed by atoms with Crippen LogP contribution in [0.3, 0.4) is 0 Å². The highest BCUT2D eigenvalue weighted by atomic mass is 16.5. The van der Waals surface area contributed by atoms with Crippen molar-refractivity contribution in [3.05, 3.63) is 17.5 Å². The second-order valence-corrected chi connectivity index (χ2v) is 8.77. The number of aromatic carboxylic acids is 1. The molecule has 0 bridgehead atoms. The predicted octanol–water partition coefficient (Wildman–Crippen LogP) is 1.08. The summed E-state index contributed by atoms with van der Waals surface area (Å²) in [5, 5.41) is 18.7. The number of piperidine rings is 2. The second-order valence-electron chi connectivity index (χ2n) is 8.77. The molecule has 3 aliphatic heterocycles. The molecule has 0 saturated carbocycles. The van der Waals surface area contributed by atoms with Crippen molar-refractivity contribution >= 4 is 11.9 Å². The largest absolute Gasteiger partial charge is 0.477 e. The SMILES string of the molecule is O=C(O)c1[nH]ncc1CN1CCC(N2CCC(C(=O)NC[C@H]3CCCO3)CC2)CC1. The van der Waals surface area contributed by atoms with Gasteiger partial charge in [-0.15, -0.1) is 0 Å². The molecule has 9 heteroatoms. The Labute approximate surface area is 177 Å². The van der Waals surface area contributed by atoms with Gasteiger partial charge in [-0.3, -0.25) is 14.8 Å². The van der Waals surface area contributed by atoms with Gasteiger partial charge in [-0.05, 0) is 64.7 Å². The number of likely N-dealkylation sites (tertiary alicyclic amines) is 2. The maximum absolute atomic E-state index is 12.5. The third kappa shape index (κ3) is 5.19. The van der Waals surface area contributed by atoms with E-state index in [4.69, 9.17) is 4.74 Å². The molecule has 3 saturated heterocycles. The van der Waals surface area contributed by atoms with Crippen molar-refractivity contribution in [2.24, 2.45) is 5.92 Å². The fourth-order valence-corrected chi connectivity index (χ4v) is 4.99. The van der Waals surface area contributed by atoms with Crippen LogP contribution >= 0.6 is 0 Å². The van der Waals surface area contributed by atoms with E-state index < -0.39 is 5.97 Å². The quantitative estimate of drug-likeness (QED) is 0.606. The number of hydrogen-bond acceptors (Lipinski definition) is 6. The topological polar surface area (TPSA) is 111 Å². The normalized spacial score (nSPS) is 24.9. The molecule has 3 fully saturated rings. The molecule has 3 aliphatic rings. The Bertz CT molecular complexity index is 717. The number of amides is 1. The van der Waals surface area contributed by atoms with E-state index in [0.717, 1.165) is 76.9 Å². The van der Waals surface area contributed by atoms with Gasteiger partial charge in [0.15, 0.2) is 0 Å². The minimum absolute atomic E-state index is 0.123. The lowest BCUT2D eigenvalue weighted by Crippen LogP contribution is -2.49. The molecule has 1 amide bonds. The van der Waals surface area contributed by atoms with Gasteiger partial charge in [0.2, 0.25) is 5.91 Å². The molecule has 1 aromatic heterocycles. The van der Waals surface area contributed by atoms with Gasteiger partial charge >= 0.3 is 5.97 Å². The Balaban J connectivity index is 1.17. The minimum atomic E-state index is -0.958. The average Bonchev–Trinajstić information content (AvgIpc) is 3.45. The Hall–Kier alpha value is -1.97. The maximum atomic E-state index is 12.5. The van der Waals surface area contributed by atoms with E-state index in [-0.39, 0.29) is 23.6 Å². The van der Waals surface area contributed by atoms with Crippen LogP contribution in [0.2, 0.25) is 0 Å². The summed E-state index contributed by atoms with van der Waals surface area (Å²) in [7, 11) is 0. The Kier molecular flexibility index (Phi) is 7.01. The van der Waals surface area contributed by atoms with Crippen LogP contribution in [0.4, 0.5) is 0 Å². The molecule has 0 aliphatic carbocycles. The van der Waals surface area contributed by atoms with E-state index in [9.17, 15) is 14.7 Å². The van der Waals surface area contributed by atoms with Crippen molar-refractivity contribution in [2.75, 3.05) is 39.3 Å². The van der Waals surface area contributed by atoms with E-state index in [1.165, 1.54) is 0 Å². The zero-order chi connectivity index (χ0) is 20.9. The van der Waals surface area contributed by atoms with Gasteiger partial charge in [-0.2, -0.15) is 5.10 Å². The predicted molar refractivity (Wildman–Crippen MR) is 110 cm³/mol. The highest BCUT2D eigenvalue weighted by molar-refractivity contribution is 5.86. The highest BCUT2D eigenvalue weighted by Gasteiger charge is 2.31. The van der Waals surface area contributed by atoms with Crippen LogP contribution in [0.5, 0.6) is 0 Å². The fourth-order valence-electron chi connectivity index (χ4n) is 4.99. The third-order valence-electron chi connectivity index (χ3n) is 6.83. The first-order valence-electron chi connectivity index (χ1n) is 11.2. The lowest BCUT2D eigenvalue weighted by atomic mass is 9.92. The van der Waals surface area contributed by atoms with Crippen LogP contribution in [-0.2, 0) is 16.1 Å². The molecular formula is C21H33N5O4. The number of carbonyl (C=O) groups is 2. The van der Waals surface area contributed by atoms with Crippen LogP contribution < -0.4 is 5.32 Å². The number of ether oxygens (including phenoxy) is 1. The second kappa shape index (κ2) is 9.89. The first-order chi connectivity index (χ1) is 14.6. The molecular weight excluding hydrogens is 386 g/mol. The number of hydrogen-bond donors (Lipinski definition) is 3. The van der Waals surface area contributed by atoms with Crippen molar-refractivity contribution in [1.82, 2.24) is 25.3 Å². The molecule has 0 unspecified atom stereocenters. The van der Waals surface area contributed by atoms with E-state index >= 15 is 0 Å². The van der Waals surface area contributed by atoms with Gasteiger partial charge in [0.1, 0.15) is 5.69 Å². The smallest absolute Gasteiger partial charge is 0.354 e. The molecule has 9 nitrogen and oxygen atoms in total. The first-order valence-corrected chi connectivity index (χ1v) is 11.2. The van der Waals surface area contributed by atoms with Crippen LogP contribution in [0.15, 0.2) is 6.20 Å². The lowest BCUT2D eigenvalue weighted by Gasteiger charge is -2.41. The number of H-pyrrole nitrogens is 1. The zero-order valence-corrected chi connectivity index (χ0v) is 17.5.